The van der Waals surface area contributed by atoms with Crippen molar-refractivity contribution in [3.05, 3.63) is 56.1 Å². The number of aromatic nitrogens is 1. The number of benzene rings is 1. The van der Waals surface area contributed by atoms with Gasteiger partial charge in [-0.2, -0.15) is 13.2 Å². The van der Waals surface area contributed by atoms with Crippen LogP contribution in [0.2, 0.25) is 5.02 Å². The van der Waals surface area contributed by atoms with E-state index in [4.69, 9.17) is 31.8 Å². The number of hydrogen-bond acceptors (Lipinski definition) is 8. The van der Waals surface area contributed by atoms with Crippen LogP contribution in [0.4, 0.5) is 19.1 Å². The Morgan fingerprint density at radius 2 is 1.82 bits per heavy atom. The number of carbonyl (C=O) groups is 2. The average molecular weight is 613 g/mol. The molecule has 0 bridgehead atoms. The van der Waals surface area contributed by atoms with Crippen LogP contribution in [-0.2, 0) is 30.9 Å². The molecular formula is C23H28ClF3N4O6S2. The highest BCUT2D eigenvalue weighted by Gasteiger charge is 2.57. The zero-order valence-electron chi connectivity index (χ0n) is 21.8. The van der Waals surface area contributed by atoms with Crippen LogP contribution in [0.15, 0.2) is 22.1 Å². The van der Waals surface area contributed by atoms with Crippen LogP contribution in [0.3, 0.4) is 0 Å². The van der Waals surface area contributed by atoms with Gasteiger partial charge in [0.05, 0.1) is 0 Å². The molecule has 216 valence electrons. The molecule has 2 aromatic rings. The van der Waals surface area contributed by atoms with Gasteiger partial charge in [0, 0.05) is 6.54 Å². The van der Waals surface area contributed by atoms with E-state index in [1.54, 1.807) is 12.3 Å². The van der Waals surface area contributed by atoms with E-state index in [0.29, 0.717) is 17.8 Å². The number of nitrogens with two attached hydrogens (primary N) is 1. The zero-order valence-corrected chi connectivity index (χ0v) is 24.2. The maximum absolute atomic E-state index is 14.0. The van der Waals surface area contributed by atoms with Crippen molar-refractivity contribution in [2.24, 2.45) is 5.73 Å². The van der Waals surface area contributed by atoms with Crippen molar-refractivity contribution < 1.29 is 40.8 Å². The molecule has 0 saturated carbocycles. The molecule has 2 atom stereocenters. The number of rotatable bonds is 7. The summed E-state index contributed by atoms with van der Waals surface area (Å²) in [6.45, 7) is 7.92. The predicted molar refractivity (Wildman–Crippen MR) is 142 cm³/mol. The number of nitrogens with one attached hydrogen (secondary N) is 1. The smallest absolute Gasteiger partial charge is 0.475 e. The summed E-state index contributed by atoms with van der Waals surface area (Å²) in [5, 5.41) is 11.4. The highest BCUT2D eigenvalue weighted by Crippen LogP contribution is 2.50. The predicted octanol–water partition coefficient (Wildman–Crippen LogP) is 4.01. The monoisotopic (exact) mass is 612 g/mol. The zero-order chi connectivity index (χ0) is 30.1. The molecule has 0 fully saturated rings. The highest BCUT2D eigenvalue weighted by atomic mass is 35.5. The minimum absolute atomic E-state index is 0.0552. The first kappa shape index (κ1) is 32.5. The van der Waals surface area contributed by atoms with Crippen molar-refractivity contribution in [2.75, 3.05) is 18.8 Å². The SMILES string of the molecule is Cc1cc(C)c(C2(S(=O)(=O)Nc3onc(C)c3Cl)C=CSC2C(N)=O)c(C)c1CN(C)C.O=C(O)C(F)(F)F. The maximum Gasteiger partial charge on any atom is 0.490 e. The van der Waals surface area contributed by atoms with E-state index in [2.05, 4.69) is 9.88 Å². The van der Waals surface area contributed by atoms with Crippen LogP contribution in [0.25, 0.3) is 0 Å². The molecule has 1 aliphatic heterocycles. The first-order chi connectivity index (χ1) is 17.8. The van der Waals surface area contributed by atoms with Gasteiger partial charge in [-0.3, -0.25) is 4.79 Å². The fourth-order valence-corrected chi connectivity index (χ4v) is 7.85. The van der Waals surface area contributed by atoms with Gasteiger partial charge in [0.15, 0.2) is 4.75 Å². The summed E-state index contributed by atoms with van der Waals surface area (Å²) in [7, 11) is -0.439. The number of amides is 1. The molecule has 0 saturated heterocycles. The lowest BCUT2D eigenvalue weighted by atomic mass is 9.83. The molecule has 0 spiro atoms. The van der Waals surface area contributed by atoms with Crippen molar-refractivity contribution in [1.29, 1.82) is 0 Å². The second-order valence-electron chi connectivity index (χ2n) is 9.06. The van der Waals surface area contributed by atoms with E-state index in [9.17, 15) is 26.4 Å². The van der Waals surface area contributed by atoms with Gasteiger partial charge in [-0.1, -0.05) is 22.8 Å². The fraction of sp³-hybridized carbons (Fsp3) is 0.435. The number of hydrogen-bond donors (Lipinski definition) is 3. The first-order valence-electron chi connectivity index (χ1n) is 11.1. The van der Waals surface area contributed by atoms with Crippen molar-refractivity contribution in [3.63, 3.8) is 0 Å². The lowest BCUT2D eigenvalue weighted by Crippen LogP contribution is -2.51. The standard InChI is InChI=1S/C21H27ClN4O4S2.C2HF3O2/c1-11-9-12(2)16(13(3)15(11)10-26(5)6)21(7-8-31-18(21)19(23)27)32(28,29)25-20-17(22)14(4)24-30-20;3-2(4,5)1(6)7/h7-9,18,25H,10H2,1-6H3,(H2,23,27);(H,6,7). The van der Waals surface area contributed by atoms with Gasteiger partial charge in [0.2, 0.25) is 15.9 Å². The first-order valence-corrected chi connectivity index (χ1v) is 13.9. The summed E-state index contributed by atoms with van der Waals surface area (Å²) in [6, 6.07) is 1.94. The third-order valence-corrected chi connectivity index (χ3v) is 9.56. The van der Waals surface area contributed by atoms with Crippen LogP contribution in [0.5, 0.6) is 0 Å². The summed E-state index contributed by atoms with van der Waals surface area (Å²) in [6.07, 6.45) is -3.56. The van der Waals surface area contributed by atoms with E-state index in [0.717, 1.165) is 34.0 Å². The fourth-order valence-electron chi connectivity index (χ4n) is 4.28. The third kappa shape index (κ3) is 6.53. The van der Waals surface area contributed by atoms with Crippen LogP contribution < -0.4 is 10.5 Å². The molecular weight excluding hydrogens is 585 g/mol. The van der Waals surface area contributed by atoms with Crippen molar-refractivity contribution in [3.8, 4) is 0 Å². The molecule has 39 heavy (non-hydrogen) atoms. The number of carbonyl (C=O) groups excluding carboxylic acids is 1. The maximum atomic E-state index is 14.0. The Balaban J connectivity index is 0.000000673. The lowest BCUT2D eigenvalue weighted by molar-refractivity contribution is -0.192. The molecule has 2 heterocycles. The van der Waals surface area contributed by atoms with Gasteiger partial charge in [-0.25, -0.2) is 17.9 Å². The van der Waals surface area contributed by atoms with Crippen molar-refractivity contribution in [1.82, 2.24) is 10.1 Å². The van der Waals surface area contributed by atoms with E-state index in [1.807, 2.05) is 45.8 Å². The summed E-state index contributed by atoms with van der Waals surface area (Å²) in [4.78, 5) is 23.4. The Morgan fingerprint density at radius 3 is 2.26 bits per heavy atom. The van der Waals surface area contributed by atoms with E-state index in [-0.39, 0.29) is 10.9 Å². The Kier molecular flexibility index (Phi) is 9.80. The quantitative estimate of drug-likeness (QED) is 0.420. The number of carboxylic acid groups (broad SMARTS) is 1. The van der Waals surface area contributed by atoms with Crippen LogP contribution in [-0.4, -0.2) is 61.0 Å². The summed E-state index contributed by atoms with van der Waals surface area (Å²) < 4.78 is 65.5. The molecule has 1 aliphatic rings. The molecule has 0 radical (unpaired) electrons. The topological polar surface area (TPSA) is 156 Å². The van der Waals surface area contributed by atoms with Gasteiger partial charge in [0.1, 0.15) is 16.0 Å². The number of aliphatic carboxylic acids is 1. The summed E-state index contributed by atoms with van der Waals surface area (Å²) >= 11 is 7.25. The molecule has 2 unspecified atom stereocenters. The van der Waals surface area contributed by atoms with E-state index in [1.165, 1.54) is 6.08 Å². The van der Waals surface area contributed by atoms with Gasteiger partial charge in [-0.05, 0) is 81.1 Å². The second kappa shape index (κ2) is 11.8. The van der Waals surface area contributed by atoms with Gasteiger partial charge >= 0.3 is 12.1 Å². The van der Waals surface area contributed by atoms with Crippen molar-refractivity contribution in [2.45, 2.75) is 50.4 Å². The van der Waals surface area contributed by atoms with Crippen LogP contribution in [0.1, 0.15) is 33.5 Å². The Bertz CT molecular complexity index is 1410. The molecule has 3 rings (SSSR count). The number of thioether (sulfide) groups is 1. The number of nitrogens with zero attached hydrogens (tertiary/aromatic N) is 2. The van der Waals surface area contributed by atoms with E-state index >= 15 is 0 Å². The second-order valence-corrected chi connectivity index (χ2v) is 12.3. The number of halogens is 4. The summed E-state index contributed by atoms with van der Waals surface area (Å²) in [5.74, 6) is -3.70. The van der Waals surface area contributed by atoms with Crippen molar-refractivity contribution >= 4 is 51.1 Å². The van der Waals surface area contributed by atoms with E-state index < -0.39 is 38.1 Å². The molecule has 1 amide bonds. The minimum atomic E-state index is -5.08. The Labute approximate surface area is 232 Å². The third-order valence-electron chi connectivity index (χ3n) is 5.88. The van der Waals surface area contributed by atoms with Gasteiger partial charge < -0.3 is 20.3 Å². The molecule has 4 N–H and O–H groups in total. The normalized spacial score (nSPS) is 19.1. The largest absolute Gasteiger partial charge is 0.490 e. The van der Waals surface area contributed by atoms with Gasteiger partial charge in [0.25, 0.3) is 5.88 Å². The number of sulfonamides is 1. The average Bonchev–Trinajstić information content (AvgIpc) is 3.36. The number of aryl methyl sites for hydroxylation is 3. The summed E-state index contributed by atoms with van der Waals surface area (Å²) in [5.41, 5.74) is 10.1. The minimum Gasteiger partial charge on any atom is -0.475 e. The molecule has 16 heteroatoms. The van der Waals surface area contributed by atoms with Crippen LogP contribution >= 0.6 is 23.4 Å². The number of alkyl halides is 3. The number of carboxylic acids is 1. The molecule has 1 aromatic carbocycles. The molecule has 10 nitrogen and oxygen atoms in total. The lowest BCUT2D eigenvalue weighted by Gasteiger charge is -2.36. The highest BCUT2D eigenvalue weighted by molar-refractivity contribution is 8.05. The number of anilines is 1. The van der Waals surface area contributed by atoms with Gasteiger partial charge in [-0.15, -0.1) is 11.8 Å². The Morgan fingerprint density at radius 1 is 1.26 bits per heavy atom. The number of primary amides is 1. The van der Waals surface area contributed by atoms with Crippen LogP contribution in [0, 0.1) is 27.7 Å². The Hall–Kier alpha value is -2.75. The molecule has 1 aromatic heterocycles. The molecule has 0 aliphatic carbocycles.